The molecule has 0 amide bonds. The minimum atomic E-state index is -0.830. The molecular weight excluding hydrogens is 318 g/mol. The number of nitrogens with one attached hydrogen (secondary N) is 2. The molecular formula is C18H23N5O2. The Kier molecular flexibility index (Phi) is 5.23. The van der Waals surface area contributed by atoms with Gasteiger partial charge in [-0.3, -0.25) is 4.79 Å². The van der Waals surface area contributed by atoms with Crippen LogP contribution in [0.5, 0.6) is 0 Å². The second kappa shape index (κ2) is 7.57. The van der Waals surface area contributed by atoms with E-state index in [1.165, 1.54) is 5.57 Å². The van der Waals surface area contributed by atoms with Crippen molar-refractivity contribution in [3.05, 3.63) is 47.3 Å². The van der Waals surface area contributed by atoms with Crippen LogP contribution in [-0.2, 0) is 11.2 Å². The fourth-order valence-corrected chi connectivity index (χ4v) is 3.56. The van der Waals surface area contributed by atoms with Crippen LogP contribution in [0.1, 0.15) is 36.7 Å². The van der Waals surface area contributed by atoms with Crippen LogP contribution in [-0.4, -0.2) is 44.8 Å². The van der Waals surface area contributed by atoms with Gasteiger partial charge in [0.25, 0.3) is 0 Å². The number of carbonyl (C=O) groups is 1. The number of aliphatic carboxylic acids is 1. The smallest absolute Gasteiger partial charge is 0.307 e. The molecule has 0 aliphatic carbocycles. The second-order valence-corrected chi connectivity index (χ2v) is 6.71. The zero-order valence-corrected chi connectivity index (χ0v) is 14.4. The number of aromatic amines is 1. The molecule has 1 aromatic heterocycles. The van der Waals surface area contributed by atoms with Gasteiger partial charge < -0.3 is 10.4 Å². The average Bonchev–Trinajstić information content (AvgIpc) is 3.28. The third-order valence-corrected chi connectivity index (χ3v) is 4.74. The minimum absolute atomic E-state index is 0.0412. The standard InChI is InChI=1S/C18H23N5O2/c1-11(2)16(18(24)25)15(17-20-22-23-21-17)9-12-5-3-4-6-14(12)13-7-8-19-10-13/h3-7,11,15-16,19H,8-10H2,1-2H3,(H,24,25)(H,20,21,22,23)/t15-,16?/m0/s1. The van der Waals surface area contributed by atoms with E-state index in [2.05, 4.69) is 44.1 Å². The molecule has 0 radical (unpaired) electrons. The molecule has 3 rings (SSSR count). The lowest BCUT2D eigenvalue weighted by Crippen LogP contribution is -2.29. The van der Waals surface area contributed by atoms with Crippen molar-refractivity contribution in [2.75, 3.05) is 13.1 Å². The minimum Gasteiger partial charge on any atom is -0.481 e. The molecule has 2 heterocycles. The molecule has 1 aromatic carbocycles. The number of aromatic nitrogens is 4. The lowest BCUT2D eigenvalue weighted by molar-refractivity contribution is -0.144. The van der Waals surface area contributed by atoms with Crippen molar-refractivity contribution >= 4 is 11.5 Å². The molecule has 7 nitrogen and oxygen atoms in total. The van der Waals surface area contributed by atoms with E-state index in [-0.39, 0.29) is 11.8 Å². The van der Waals surface area contributed by atoms with Crippen molar-refractivity contribution in [2.24, 2.45) is 11.8 Å². The summed E-state index contributed by atoms with van der Waals surface area (Å²) in [6.45, 7) is 5.53. The maximum absolute atomic E-state index is 11.9. The van der Waals surface area contributed by atoms with Crippen molar-refractivity contribution in [1.82, 2.24) is 25.9 Å². The van der Waals surface area contributed by atoms with Gasteiger partial charge >= 0.3 is 5.97 Å². The number of carboxylic acid groups (broad SMARTS) is 1. The normalized spacial score (nSPS) is 16.7. The second-order valence-electron chi connectivity index (χ2n) is 6.71. The van der Waals surface area contributed by atoms with Crippen LogP contribution in [0.15, 0.2) is 30.3 Å². The summed E-state index contributed by atoms with van der Waals surface area (Å²) in [6.07, 6.45) is 2.74. The summed E-state index contributed by atoms with van der Waals surface area (Å²) in [6, 6.07) is 8.14. The fourth-order valence-electron chi connectivity index (χ4n) is 3.56. The number of rotatable bonds is 7. The summed E-state index contributed by atoms with van der Waals surface area (Å²) in [5, 5.41) is 27.3. The molecule has 2 aromatic rings. The van der Waals surface area contributed by atoms with Gasteiger partial charge in [-0.15, -0.1) is 10.2 Å². The summed E-state index contributed by atoms with van der Waals surface area (Å²) in [4.78, 5) is 11.9. The van der Waals surface area contributed by atoms with Gasteiger partial charge in [0.15, 0.2) is 5.82 Å². The maximum atomic E-state index is 11.9. The Labute approximate surface area is 146 Å². The Morgan fingerprint density at radius 1 is 1.32 bits per heavy atom. The molecule has 0 saturated heterocycles. The Balaban J connectivity index is 1.98. The lowest BCUT2D eigenvalue weighted by atomic mass is 9.78. The van der Waals surface area contributed by atoms with Crippen molar-refractivity contribution < 1.29 is 9.90 Å². The van der Waals surface area contributed by atoms with E-state index in [9.17, 15) is 9.90 Å². The first kappa shape index (κ1) is 17.3. The van der Waals surface area contributed by atoms with Crippen molar-refractivity contribution in [1.29, 1.82) is 0 Å². The molecule has 25 heavy (non-hydrogen) atoms. The summed E-state index contributed by atoms with van der Waals surface area (Å²) < 4.78 is 0. The van der Waals surface area contributed by atoms with Crippen LogP contribution >= 0.6 is 0 Å². The maximum Gasteiger partial charge on any atom is 0.307 e. The molecule has 1 aliphatic heterocycles. The van der Waals surface area contributed by atoms with E-state index < -0.39 is 11.9 Å². The van der Waals surface area contributed by atoms with E-state index in [4.69, 9.17) is 0 Å². The zero-order chi connectivity index (χ0) is 17.8. The highest BCUT2D eigenvalue weighted by atomic mass is 16.4. The lowest BCUT2D eigenvalue weighted by Gasteiger charge is -2.25. The van der Waals surface area contributed by atoms with E-state index >= 15 is 0 Å². The van der Waals surface area contributed by atoms with E-state index in [1.54, 1.807) is 0 Å². The SMILES string of the molecule is CC(C)C(C(=O)O)[C@H](Cc1ccccc1C1=CCNC1)c1nn[nH]n1. The predicted octanol–water partition coefficient (Wildman–Crippen LogP) is 1.87. The molecule has 0 spiro atoms. The Hall–Kier alpha value is -2.54. The number of nitrogens with zero attached hydrogens (tertiary/aromatic N) is 3. The summed E-state index contributed by atoms with van der Waals surface area (Å²) in [5.41, 5.74) is 3.52. The van der Waals surface area contributed by atoms with Crippen LogP contribution in [0.25, 0.3) is 5.57 Å². The number of carboxylic acids is 1. The van der Waals surface area contributed by atoms with Gasteiger partial charge in [-0.25, -0.2) is 0 Å². The summed E-state index contributed by atoms with van der Waals surface area (Å²) >= 11 is 0. The number of H-pyrrole nitrogens is 1. The summed E-state index contributed by atoms with van der Waals surface area (Å²) in [7, 11) is 0. The third-order valence-electron chi connectivity index (χ3n) is 4.74. The highest BCUT2D eigenvalue weighted by Crippen LogP contribution is 2.34. The number of hydrogen-bond acceptors (Lipinski definition) is 5. The Morgan fingerprint density at radius 3 is 2.72 bits per heavy atom. The first-order valence-electron chi connectivity index (χ1n) is 8.52. The fraction of sp³-hybridized carbons (Fsp3) is 0.444. The molecule has 7 heteroatoms. The van der Waals surface area contributed by atoms with E-state index in [1.807, 2.05) is 26.0 Å². The third kappa shape index (κ3) is 3.76. The first-order chi connectivity index (χ1) is 12.1. The van der Waals surface area contributed by atoms with Gasteiger partial charge in [0.2, 0.25) is 0 Å². The topological polar surface area (TPSA) is 104 Å². The van der Waals surface area contributed by atoms with Crippen LogP contribution in [0, 0.1) is 11.8 Å². The quantitative estimate of drug-likeness (QED) is 0.710. The number of hydrogen-bond donors (Lipinski definition) is 3. The molecule has 3 N–H and O–H groups in total. The summed E-state index contributed by atoms with van der Waals surface area (Å²) in [5.74, 6) is -1.34. The monoisotopic (exact) mass is 341 g/mol. The van der Waals surface area contributed by atoms with Crippen LogP contribution in [0.2, 0.25) is 0 Å². The average molecular weight is 341 g/mol. The molecule has 132 valence electrons. The van der Waals surface area contributed by atoms with E-state index in [0.717, 1.165) is 24.2 Å². The van der Waals surface area contributed by atoms with Crippen LogP contribution < -0.4 is 5.32 Å². The molecule has 0 bridgehead atoms. The first-order valence-corrected chi connectivity index (χ1v) is 8.52. The van der Waals surface area contributed by atoms with Crippen molar-refractivity contribution in [2.45, 2.75) is 26.2 Å². The van der Waals surface area contributed by atoms with Crippen LogP contribution in [0.4, 0.5) is 0 Å². The molecule has 2 atom stereocenters. The molecule has 0 saturated carbocycles. The van der Waals surface area contributed by atoms with Crippen molar-refractivity contribution in [3.63, 3.8) is 0 Å². The molecule has 1 aliphatic rings. The molecule has 1 unspecified atom stereocenters. The number of benzene rings is 1. The highest BCUT2D eigenvalue weighted by Gasteiger charge is 2.35. The van der Waals surface area contributed by atoms with Gasteiger partial charge in [0.05, 0.1) is 5.92 Å². The van der Waals surface area contributed by atoms with Crippen molar-refractivity contribution in [3.8, 4) is 0 Å². The van der Waals surface area contributed by atoms with Gasteiger partial charge in [-0.2, -0.15) is 5.21 Å². The van der Waals surface area contributed by atoms with Gasteiger partial charge in [0.1, 0.15) is 0 Å². The highest BCUT2D eigenvalue weighted by molar-refractivity contribution is 5.73. The largest absolute Gasteiger partial charge is 0.481 e. The van der Waals surface area contributed by atoms with Gasteiger partial charge in [-0.05, 0) is 29.0 Å². The van der Waals surface area contributed by atoms with Gasteiger partial charge in [0, 0.05) is 19.0 Å². The number of tetrazole rings is 1. The van der Waals surface area contributed by atoms with Gasteiger partial charge in [-0.1, -0.05) is 49.4 Å². The Bertz CT molecular complexity index is 755. The molecule has 0 fully saturated rings. The predicted molar refractivity (Wildman–Crippen MR) is 93.9 cm³/mol. The zero-order valence-electron chi connectivity index (χ0n) is 14.4. The van der Waals surface area contributed by atoms with Crippen LogP contribution in [0.3, 0.4) is 0 Å². The Morgan fingerprint density at radius 2 is 2.12 bits per heavy atom. The van der Waals surface area contributed by atoms with E-state index in [0.29, 0.717) is 12.2 Å².